The van der Waals surface area contributed by atoms with Crippen molar-refractivity contribution in [3.05, 3.63) is 18.0 Å². The van der Waals surface area contributed by atoms with E-state index in [1.54, 1.807) is 6.20 Å². The minimum Gasteiger partial charge on any atom is -0.388 e. The van der Waals surface area contributed by atoms with Gasteiger partial charge in [0.15, 0.2) is 0 Å². The first kappa shape index (κ1) is 12.2. The van der Waals surface area contributed by atoms with Crippen LogP contribution in [-0.2, 0) is 13.0 Å². The van der Waals surface area contributed by atoms with E-state index < -0.39 is 5.60 Å². The lowest BCUT2D eigenvalue weighted by Gasteiger charge is -2.30. The molecule has 0 fully saturated rings. The molecule has 0 radical (unpaired) electrons. The minimum absolute atomic E-state index is 0.146. The van der Waals surface area contributed by atoms with Gasteiger partial charge in [-0.15, -0.1) is 0 Å². The highest BCUT2D eigenvalue weighted by Crippen LogP contribution is 2.20. The summed E-state index contributed by atoms with van der Waals surface area (Å²) < 4.78 is 1.85. The van der Waals surface area contributed by atoms with E-state index in [1.807, 2.05) is 31.6 Å². The largest absolute Gasteiger partial charge is 0.388 e. The molecule has 4 heteroatoms. The molecule has 0 aromatic carbocycles. The molecular weight excluding hydrogens is 190 g/mol. The number of rotatable bonds is 5. The maximum absolute atomic E-state index is 10.3. The Morgan fingerprint density at radius 3 is 2.67 bits per heavy atom. The average molecular weight is 211 g/mol. The van der Waals surface area contributed by atoms with Crippen molar-refractivity contribution >= 4 is 0 Å². The summed E-state index contributed by atoms with van der Waals surface area (Å²) in [4.78, 5) is 0. The molecule has 0 bridgehead atoms. The molecule has 1 rings (SSSR count). The summed E-state index contributed by atoms with van der Waals surface area (Å²) in [6, 6.07) is 0. The van der Waals surface area contributed by atoms with Crippen LogP contribution in [0.5, 0.6) is 0 Å². The number of aryl methyl sites for hydroxylation is 1. The van der Waals surface area contributed by atoms with Crippen molar-refractivity contribution in [1.29, 1.82) is 0 Å². The quantitative estimate of drug-likeness (QED) is 0.757. The van der Waals surface area contributed by atoms with Gasteiger partial charge in [-0.25, -0.2) is 0 Å². The van der Waals surface area contributed by atoms with E-state index in [1.165, 1.54) is 0 Å². The second kappa shape index (κ2) is 4.77. The van der Waals surface area contributed by atoms with Crippen molar-refractivity contribution in [1.82, 2.24) is 9.78 Å². The summed E-state index contributed by atoms with van der Waals surface area (Å²) in [7, 11) is 0. The fourth-order valence-corrected chi connectivity index (χ4v) is 1.54. The molecule has 15 heavy (non-hydrogen) atoms. The number of nitrogens with two attached hydrogens (primary N) is 1. The molecule has 0 saturated carbocycles. The van der Waals surface area contributed by atoms with Crippen LogP contribution in [0.15, 0.2) is 12.4 Å². The van der Waals surface area contributed by atoms with E-state index in [0.29, 0.717) is 6.42 Å². The van der Waals surface area contributed by atoms with E-state index in [9.17, 15) is 5.11 Å². The van der Waals surface area contributed by atoms with Gasteiger partial charge in [0.1, 0.15) is 0 Å². The smallest absolute Gasteiger partial charge is 0.0833 e. The fourth-order valence-electron chi connectivity index (χ4n) is 1.54. The van der Waals surface area contributed by atoms with Crippen molar-refractivity contribution in [2.45, 2.75) is 39.3 Å². The molecule has 1 heterocycles. The first-order valence-electron chi connectivity index (χ1n) is 5.45. The van der Waals surface area contributed by atoms with Crippen molar-refractivity contribution in [2.24, 2.45) is 11.7 Å². The van der Waals surface area contributed by atoms with Crippen molar-refractivity contribution in [3.8, 4) is 0 Å². The summed E-state index contributed by atoms with van der Waals surface area (Å²) in [5.74, 6) is 0.146. The number of hydrogen-bond donors (Lipinski definition) is 2. The zero-order valence-electron chi connectivity index (χ0n) is 9.77. The van der Waals surface area contributed by atoms with Gasteiger partial charge in [0.2, 0.25) is 0 Å². The first-order chi connectivity index (χ1) is 7.01. The van der Waals surface area contributed by atoms with Gasteiger partial charge in [0.25, 0.3) is 0 Å². The fraction of sp³-hybridized carbons (Fsp3) is 0.727. The zero-order valence-corrected chi connectivity index (χ0v) is 9.77. The Labute approximate surface area is 91.1 Å². The molecule has 3 N–H and O–H groups in total. The van der Waals surface area contributed by atoms with Crippen LogP contribution in [-0.4, -0.2) is 27.0 Å². The molecule has 0 saturated heterocycles. The number of hydrogen-bond acceptors (Lipinski definition) is 3. The summed E-state index contributed by atoms with van der Waals surface area (Å²) >= 11 is 0. The lowest BCUT2D eigenvalue weighted by atomic mass is 9.85. The Hall–Kier alpha value is -0.870. The standard InChI is InChI=1S/C11H21N3O/c1-4-14-7-10(6-13-14)5-11(15,8-12)9(2)3/h6-7,9,15H,4-5,8,12H2,1-3H3. The van der Waals surface area contributed by atoms with Gasteiger partial charge in [-0.1, -0.05) is 13.8 Å². The summed E-state index contributed by atoms with van der Waals surface area (Å²) in [5, 5.41) is 14.4. The van der Waals surface area contributed by atoms with Gasteiger partial charge in [-0.3, -0.25) is 4.68 Å². The van der Waals surface area contributed by atoms with Crippen LogP contribution in [0.2, 0.25) is 0 Å². The topological polar surface area (TPSA) is 64.1 Å². The van der Waals surface area contributed by atoms with Gasteiger partial charge >= 0.3 is 0 Å². The Morgan fingerprint density at radius 1 is 1.60 bits per heavy atom. The zero-order chi connectivity index (χ0) is 11.5. The third kappa shape index (κ3) is 2.79. The predicted octanol–water partition coefficient (Wildman–Crippen LogP) is 0.791. The maximum Gasteiger partial charge on any atom is 0.0833 e. The molecule has 1 unspecified atom stereocenters. The van der Waals surface area contributed by atoms with Gasteiger partial charge < -0.3 is 10.8 Å². The third-order valence-electron chi connectivity index (χ3n) is 2.95. The van der Waals surface area contributed by atoms with Crippen molar-refractivity contribution in [3.63, 3.8) is 0 Å². The Bertz CT molecular complexity index is 309. The molecule has 4 nitrogen and oxygen atoms in total. The highest BCUT2D eigenvalue weighted by atomic mass is 16.3. The van der Waals surface area contributed by atoms with Crippen molar-refractivity contribution in [2.75, 3.05) is 6.54 Å². The van der Waals surface area contributed by atoms with Crippen LogP contribution in [0.1, 0.15) is 26.3 Å². The molecule has 0 aliphatic carbocycles. The molecule has 1 aromatic rings. The van der Waals surface area contributed by atoms with Crippen LogP contribution in [0.25, 0.3) is 0 Å². The molecule has 1 aromatic heterocycles. The monoisotopic (exact) mass is 211 g/mol. The van der Waals surface area contributed by atoms with E-state index in [4.69, 9.17) is 5.73 Å². The van der Waals surface area contributed by atoms with E-state index in [-0.39, 0.29) is 12.5 Å². The van der Waals surface area contributed by atoms with Crippen LogP contribution in [0, 0.1) is 5.92 Å². The molecule has 0 aliphatic heterocycles. The predicted molar refractivity (Wildman–Crippen MR) is 60.4 cm³/mol. The highest BCUT2D eigenvalue weighted by Gasteiger charge is 2.29. The highest BCUT2D eigenvalue weighted by molar-refractivity contribution is 5.09. The van der Waals surface area contributed by atoms with Crippen LogP contribution < -0.4 is 5.73 Å². The first-order valence-corrected chi connectivity index (χ1v) is 5.45. The van der Waals surface area contributed by atoms with E-state index >= 15 is 0 Å². The third-order valence-corrected chi connectivity index (χ3v) is 2.95. The van der Waals surface area contributed by atoms with E-state index in [0.717, 1.165) is 12.1 Å². The maximum atomic E-state index is 10.3. The molecule has 86 valence electrons. The molecular formula is C11H21N3O. The van der Waals surface area contributed by atoms with E-state index in [2.05, 4.69) is 5.10 Å². The Kier molecular flexibility index (Phi) is 3.88. The van der Waals surface area contributed by atoms with Crippen LogP contribution >= 0.6 is 0 Å². The van der Waals surface area contributed by atoms with Gasteiger partial charge in [0, 0.05) is 25.7 Å². The van der Waals surface area contributed by atoms with Crippen LogP contribution in [0.3, 0.4) is 0 Å². The van der Waals surface area contributed by atoms with Gasteiger partial charge in [0.05, 0.1) is 11.8 Å². The number of nitrogens with zero attached hydrogens (tertiary/aromatic N) is 2. The SMILES string of the molecule is CCn1cc(CC(O)(CN)C(C)C)cn1. The lowest BCUT2D eigenvalue weighted by molar-refractivity contribution is 0.00406. The average Bonchev–Trinajstić information content (AvgIpc) is 2.65. The minimum atomic E-state index is -0.818. The van der Waals surface area contributed by atoms with Crippen molar-refractivity contribution < 1.29 is 5.11 Å². The molecule has 0 aliphatic rings. The second-order valence-electron chi connectivity index (χ2n) is 4.34. The Balaban J connectivity index is 2.74. The number of aliphatic hydroxyl groups is 1. The van der Waals surface area contributed by atoms with Gasteiger partial charge in [-0.05, 0) is 18.4 Å². The summed E-state index contributed by atoms with van der Waals surface area (Å²) in [6.45, 7) is 7.13. The molecule has 1 atom stereocenters. The molecule has 0 spiro atoms. The summed E-state index contributed by atoms with van der Waals surface area (Å²) in [6.07, 6.45) is 4.33. The molecule has 0 amide bonds. The lowest BCUT2D eigenvalue weighted by Crippen LogP contribution is -2.44. The number of aromatic nitrogens is 2. The normalized spacial score (nSPS) is 15.6. The van der Waals surface area contributed by atoms with Crippen LogP contribution in [0.4, 0.5) is 0 Å². The Morgan fingerprint density at radius 2 is 2.27 bits per heavy atom. The van der Waals surface area contributed by atoms with Gasteiger partial charge in [-0.2, -0.15) is 5.10 Å². The summed E-state index contributed by atoms with van der Waals surface area (Å²) in [5.41, 5.74) is 5.84. The second-order valence-corrected chi connectivity index (χ2v) is 4.34.